The van der Waals surface area contributed by atoms with Crippen LogP contribution in [0.5, 0.6) is 0 Å². The Morgan fingerprint density at radius 2 is 2.00 bits per heavy atom. The summed E-state index contributed by atoms with van der Waals surface area (Å²) in [6.45, 7) is 4.13. The van der Waals surface area contributed by atoms with Crippen LogP contribution < -0.4 is 5.32 Å². The smallest absolute Gasteiger partial charge is 0.272 e. The Morgan fingerprint density at radius 1 is 1.35 bits per heavy atom. The van der Waals surface area contributed by atoms with Crippen LogP contribution in [0.2, 0.25) is 5.02 Å². The summed E-state index contributed by atoms with van der Waals surface area (Å²) in [6, 6.07) is 7.53. The zero-order chi connectivity index (χ0) is 14.4. The van der Waals surface area contributed by atoms with Gasteiger partial charge in [0.15, 0.2) is 10.4 Å². The summed E-state index contributed by atoms with van der Waals surface area (Å²) in [7, 11) is 0. The molecule has 0 spiro atoms. The second-order valence-corrected chi connectivity index (χ2v) is 6.18. The molecule has 1 N–H and O–H groups in total. The van der Waals surface area contributed by atoms with Crippen molar-refractivity contribution in [2.45, 2.75) is 25.9 Å². The van der Waals surface area contributed by atoms with Crippen LogP contribution >= 0.6 is 27.5 Å². The van der Waals surface area contributed by atoms with E-state index in [1.165, 1.54) is 0 Å². The Balaban J connectivity index is 2.15. The molecule has 0 saturated carbocycles. The molecule has 1 aliphatic heterocycles. The van der Waals surface area contributed by atoms with E-state index in [2.05, 4.69) is 40.1 Å². The van der Waals surface area contributed by atoms with E-state index >= 15 is 0 Å². The van der Waals surface area contributed by atoms with Crippen LogP contribution in [0, 0.1) is 0 Å². The van der Waals surface area contributed by atoms with Crippen molar-refractivity contribution in [1.82, 2.24) is 14.9 Å². The van der Waals surface area contributed by atoms with Crippen molar-refractivity contribution in [2.24, 2.45) is 0 Å². The van der Waals surface area contributed by atoms with Crippen molar-refractivity contribution in [3.8, 4) is 0 Å². The molecule has 1 aliphatic rings. The fourth-order valence-electron chi connectivity index (χ4n) is 2.52. The third-order valence-corrected chi connectivity index (χ3v) is 4.20. The van der Waals surface area contributed by atoms with Gasteiger partial charge < -0.3 is 9.88 Å². The molecule has 20 heavy (non-hydrogen) atoms. The standard InChI is InChI=1S/C14H13BrClN3O/c1-7(2)19-12-10(8-3-5-9(16)6-4-8)17-13(20)11(12)18-14(19)15/h3-7,10H,1-2H3,(H,17,20). The summed E-state index contributed by atoms with van der Waals surface area (Å²) in [5, 5.41) is 3.65. The molecule has 0 bridgehead atoms. The van der Waals surface area contributed by atoms with E-state index in [1.54, 1.807) is 0 Å². The van der Waals surface area contributed by atoms with E-state index in [4.69, 9.17) is 11.6 Å². The summed E-state index contributed by atoms with van der Waals surface area (Å²) in [5.74, 6) is -0.139. The normalized spacial score (nSPS) is 17.4. The maximum Gasteiger partial charge on any atom is 0.272 e. The molecule has 2 heterocycles. The van der Waals surface area contributed by atoms with Crippen molar-refractivity contribution in [1.29, 1.82) is 0 Å². The molecule has 1 atom stereocenters. The highest BCUT2D eigenvalue weighted by Gasteiger charge is 2.36. The number of carbonyl (C=O) groups excluding carboxylic acids is 1. The van der Waals surface area contributed by atoms with Crippen molar-refractivity contribution in [3.05, 3.63) is 51.0 Å². The van der Waals surface area contributed by atoms with Crippen LogP contribution in [0.15, 0.2) is 29.0 Å². The lowest BCUT2D eigenvalue weighted by molar-refractivity contribution is 0.0956. The lowest BCUT2D eigenvalue weighted by Gasteiger charge is -2.18. The van der Waals surface area contributed by atoms with Gasteiger partial charge in [-0.15, -0.1) is 0 Å². The highest BCUT2D eigenvalue weighted by molar-refractivity contribution is 9.10. The largest absolute Gasteiger partial charge is 0.338 e. The second-order valence-electron chi connectivity index (χ2n) is 5.04. The Hall–Kier alpha value is -1.33. The predicted octanol–water partition coefficient (Wildman–Crippen LogP) is 3.71. The van der Waals surface area contributed by atoms with Gasteiger partial charge in [0.2, 0.25) is 0 Å². The van der Waals surface area contributed by atoms with Crippen LogP contribution in [0.4, 0.5) is 0 Å². The maximum absolute atomic E-state index is 12.1. The van der Waals surface area contributed by atoms with Gasteiger partial charge in [0.05, 0.1) is 11.7 Å². The molecule has 1 amide bonds. The SMILES string of the molecule is CC(C)n1c(Br)nc2c1C(c1ccc(Cl)cc1)NC2=O. The number of halogens is 2. The third-order valence-electron chi connectivity index (χ3n) is 3.39. The summed E-state index contributed by atoms with van der Waals surface area (Å²) in [6.07, 6.45) is 0. The molecule has 1 aromatic carbocycles. The van der Waals surface area contributed by atoms with E-state index in [0.29, 0.717) is 15.5 Å². The molecular weight excluding hydrogens is 342 g/mol. The lowest BCUT2D eigenvalue weighted by atomic mass is 10.0. The number of benzene rings is 1. The van der Waals surface area contributed by atoms with E-state index in [1.807, 2.05) is 28.8 Å². The summed E-state index contributed by atoms with van der Waals surface area (Å²) in [5.41, 5.74) is 2.39. The van der Waals surface area contributed by atoms with Gasteiger partial charge in [-0.05, 0) is 47.5 Å². The van der Waals surface area contributed by atoms with Crippen molar-refractivity contribution < 1.29 is 4.79 Å². The average Bonchev–Trinajstić information content (AvgIpc) is 2.88. The fraction of sp³-hybridized carbons (Fsp3) is 0.286. The van der Waals surface area contributed by atoms with Crippen LogP contribution in [0.3, 0.4) is 0 Å². The molecule has 3 rings (SSSR count). The van der Waals surface area contributed by atoms with Crippen LogP contribution in [0.25, 0.3) is 0 Å². The first-order valence-electron chi connectivity index (χ1n) is 6.33. The minimum absolute atomic E-state index is 0.139. The van der Waals surface area contributed by atoms with Gasteiger partial charge >= 0.3 is 0 Å². The first-order valence-corrected chi connectivity index (χ1v) is 7.50. The summed E-state index contributed by atoms with van der Waals surface area (Å²) >= 11 is 9.35. The Morgan fingerprint density at radius 3 is 2.60 bits per heavy atom. The molecule has 6 heteroatoms. The number of aromatic nitrogens is 2. The zero-order valence-corrected chi connectivity index (χ0v) is 13.4. The minimum atomic E-state index is -0.184. The number of imidazole rings is 1. The molecule has 1 aromatic heterocycles. The van der Waals surface area contributed by atoms with Gasteiger partial charge in [0.25, 0.3) is 5.91 Å². The molecule has 0 aliphatic carbocycles. The average molecular weight is 355 g/mol. The maximum atomic E-state index is 12.1. The zero-order valence-electron chi connectivity index (χ0n) is 11.0. The number of fused-ring (bicyclic) bond motifs is 1. The van der Waals surface area contributed by atoms with E-state index in [-0.39, 0.29) is 18.0 Å². The van der Waals surface area contributed by atoms with Gasteiger partial charge in [-0.25, -0.2) is 4.98 Å². The number of carbonyl (C=O) groups is 1. The second kappa shape index (κ2) is 4.90. The molecule has 2 aromatic rings. The minimum Gasteiger partial charge on any atom is -0.338 e. The van der Waals surface area contributed by atoms with Crippen LogP contribution in [-0.4, -0.2) is 15.5 Å². The lowest BCUT2D eigenvalue weighted by Crippen LogP contribution is -2.22. The molecule has 4 nitrogen and oxygen atoms in total. The van der Waals surface area contributed by atoms with E-state index in [9.17, 15) is 4.79 Å². The topological polar surface area (TPSA) is 46.9 Å². The molecule has 1 unspecified atom stereocenters. The van der Waals surface area contributed by atoms with Gasteiger partial charge in [-0.3, -0.25) is 4.79 Å². The number of hydrogen-bond acceptors (Lipinski definition) is 2. The monoisotopic (exact) mass is 353 g/mol. The van der Waals surface area contributed by atoms with Gasteiger partial charge in [0, 0.05) is 11.1 Å². The highest BCUT2D eigenvalue weighted by Crippen LogP contribution is 2.35. The molecule has 0 fully saturated rings. The highest BCUT2D eigenvalue weighted by atomic mass is 79.9. The molecule has 0 radical (unpaired) electrons. The summed E-state index contributed by atoms with van der Waals surface area (Å²) in [4.78, 5) is 16.4. The first kappa shape index (κ1) is 13.6. The number of hydrogen-bond donors (Lipinski definition) is 1. The predicted molar refractivity (Wildman–Crippen MR) is 81.1 cm³/mol. The van der Waals surface area contributed by atoms with Gasteiger partial charge in [-0.2, -0.15) is 0 Å². The Kier molecular flexibility index (Phi) is 3.34. The van der Waals surface area contributed by atoms with Crippen molar-refractivity contribution >= 4 is 33.4 Å². The van der Waals surface area contributed by atoms with Crippen LogP contribution in [0.1, 0.15) is 47.7 Å². The van der Waals surface area contributed by atoms with Crippen LogP contribution in [-0.2, 0) is 0 Å². The fourth-order valence-corrected chi connectivity index (χ4v) is 3.42. The quantitative estimate of drug-likeness (QED) is 0.893. The Bertz CT molecular complexity index is 678. The third kappa shape index (κ3) is 2.05. The van der Waals surface area contributed by atoms with Gasteiger partial charge in [-0.1, -0.05) is 23.7 Å². The van der Waals surface area contributed by atoms with E-state index in [0.717, 1.165) is 11.3 Å². The number of nitrogens with one attached hydrogen (secondary N) is 1. The van der Waals surface area contributed by atoms with Crippen molar-refractivity contribution in [3.63, 3.8) is 0 Å². The molecule has 0 saturated heterocycles. The number of nitrogens with zero attached hydrogens (tertiary/aromatic N) is 2. The Labute approximate surface area is 130 Å². The number of amides is 1. The summed E-state index contributed by atoms with van der Waals surface area (Å²) < 4.78 is 2.72. The first-order chi connectivity index (χ1) is 9.49. The molecular formula is C14H13BrClN3O. The van der Waals surface area contributed by atoms with Crippen molar-refractivity contribution in [2.75, 3.05) is 0 Å². The van der Waals surface area contributed by atoms with Gasteiger partial charge in [0.1, 0.15) is 0 Å². The number of rotatable bonds is 2. The molecule has 104 valence electrons. The van der Waals surface area contributed by atoms with E-state index < -0.39 is 0 Å².